The summed E-state index contributed by atoms with van der Waals surface area (Å²) in [5, 5.41) is 3.65. The van der Waals surface area contributed by atoms with E-state index in [4.69, 9.17) is 0 Å². The second-order valence-electron chi connectivity index (χ2n) is 6.72. The van der Waals surface area contributed by atoms with E-state index in [0.29, 0.717) is 17.5 Å². The molecule has 1 N–H and O–H groups in total. The van der Waals surface area contributed by atoms with Gasteiger partial charge in [0.05, 0.1) is 0 Å². The van der Waals surface area contributed by atoms with Crippen LogP contribution in [-0.2, 0) is 0 Å². The molecular formula is C23H29NOS. The quantitative estimate of drug-likeness (QED) is 0.333. The second-order valence-corrected chi connectivity index (χ2v) is 7.87. The summed E-state index contributed by atoms with van der Waals surface area (Å²) < 4.78 is 0. The van der Waals surface area contributed by atoms with Gasteiger partial charge in [0.2, 0.25) is 0 Å². The minimum atomic E-state index is 0.0284. The van der Waals surface area contributed by atoms with Crippen LogP contribution in [0.4, 0.5) is 0 Å². The van der Waals surface area contributed by atoms with Crippen molar-refractivity contribution in [3.8, 4) is 0 Å². The van der Waals surface area contributed by atoms with Crippen molar-refractivity contribution in [2.24, 2.45) is 5.92 Å². The van der Waals surface area contributed by atoms with Gasteiger partial charge in [0.1, 0.15) is 0 Å². The molecule has 0 saturated heterocycles. The standard InChI is InChI=1S/C23H29NOS/c1-4-15-26-17-22(18(2)3)24-21(19-11-7-5-8-12-19)16-23(25)20-13-9-6-10-14-20/h5-14,16,18,22,24H,4,15,17H2,1-3H3/b21-16-/t22-/m0/s1. The lowest BCUT2D eigenvalue weighted by atomic mass is 10.0. The summed E-state index contributed by atoms with van der Waals surface area (Å²) >= 11 is 1.97. The van der Waals surface area contributed by atoms with Crippen LogP contribution >= 0.6 is 11.8 Å². The minimum absolute atomic E-state index is 0.0284. The highest BCUT2D eigenvalue weighted by Gasteiger charge is 2.16. The number of hydrogen-bond acceptors (Lipinski definition) is 3. The Kier molecular flexibility index (Phi) is 8.49. The van der Waals surface area contributed by atoms with Crippen LogP contribution in [0.2, 0.25) is 0 Å². The molecule has 0 aromatic heterocycles. The third kappa shape index (κ3) is 6.38. The molecule has 2 aromatic carbocycles. The van der Waals surface area contributed by atoms with Crippen molar-refractivity contribution in [1.82, 2.24) is 5.32 Å². The first-order chi connectivity index (χ1) is 12.6. The summed E-state index contributed by atoms with van der Waals surface area (Å²) in [6, 6.07) is 19.9. The van der Waals surface area contributed by atoms with Crippen molar-refractivity contribution >= 4 is 23.2 Å². The second kappa shape index (κ2) is 10.9. The van der Waals surface area contributed by atoms with Crippen LogP contribution in [0.3, 0.4) is 0 Å². The van der Waals surface area contributed by atoms with Crippen molar-refractivity contribution < 1.29 is 4.79 Å². The van der Waals surface area contributed by atoms with Gasteiger partial charge in [-0.25, -0.2) is 0 Å². The number of allylic oxidation sites excluding steroid dienone is 1. The van der Waals surface area contributed by atoms with E-state index in [1.165, 1.54) is 6.42 Å². The zero-order valence-electron chi connectivity index (χ0n) is 15.9. The molecule has 0 aliphatic rings. The van der Waals surface area contributed by atoms with E-state index in [1.54, 1.807) is 6.08 Å². The highest BCUT2D eigenvalue weighted by Crippen LogP contribution is 2.18. The monoisotopic (exact) mass is 367 g/mol. The molecule has 0 unspecified atom stereocenters. The Morgan fingerprint density at radius 2 is 1.58 bits per heavy atom. The molecule has 3 heteroatoms. The number of carbonyl (C=O) groups is 1. The molecule has 2 nitrogen and oxygen atoms in total. The molecule has 0 saturated carbocycles. The van der Waals surface area contributed by atoms with Gasteiger partial charge in [0, 0.05) is 29.1 Å². The molecule has 0 radical (unpaired) electrons. The van der Waals surface area contributed by atoms with Crippen molar-refractivity contribution in [3.05, 3.63) is 77.9 Å². The smallest absolute Gasteiger partial charge is 0.187 e. The third-order valence-corrected chi connectivity index (χ3v) is 5.50. The van der Waals surface area contributed by atoms with Crippen LogP contribution in [0, 0.1) is 5.92 Å². The summed E-state index contributed by atoms with van der Waals surface area (Å²) in [6.07, 6.45) is 2.92. The Balaban J connectivity index is 2.26. The number of rotatable bonds is 10. The zero-order chi connectivity index (χ0) is 18.8. The fourth-order valence-electron chi connectivity index (χ4n) is 2.60. The van der Waals surface area contributed by atoms with Crippen molar-refractivity contribution in [1.29, 1.82) is 0 Å². The largest absolute Gasteiger partial charge is 0.381 e. The minimum Gasteiger partial charge on any atom is -0.381 e. The van der Waals surface area contributed by atoms with Crippen LogP contribution in [-0.4, -0.2) is 23.3 Å². The van der Waals surface area contributed by atoms with E-state index in [-0.39, 0.29) is 5.78 Å². The van der Waals surface area contributed by atoms with Crippen molar-refractivity contribution in [2.75, 3.05) is 11.5 Å². The topological polar surface area (TPSA) is 29.1 Å². The molecule has 0 bridgehead atoms. The molecule has 26 heavy (non-hydrogen) atoms. The lowest BCUT2D eigenvalue weighted by molar-refractivity contribution is 0.104. The highest BCUT2D eigenvalue weighted by molar-refractivity contribution is 7.99. The van der Waals surface area contributed by atoms with E-state index in [9.17, 15) is 4.79 Å². The Bertz CT molecular complexity index is 695. The number of nitrogens with one attached hydrogen (secondary N) is 1. The number of carbonyl (C=O) groups excluding carboxylic acids is 1. The third-order valence-electron chi connectivity index (χ3n) is 4.21. The van der Waals surface area contributed by atoms with E-state index < -0.39 is 0 Å². The van der Waals surface area contributed by atoms with Gasteiger partial charge >= 0.3 is 0 Å². The molecule has 138 valence electrons. The van der Waals surface area contributed by atoms with Crippen LogP contribution in [0.5, 0.6) is 0 Å². The van der Waals surface area contributed by atoms with Gasteiger partial charge < -0.3 is 5.32 Å². The Hall–Kier alpha value is -2.00. The maximum atomic E-state index is 12.7. The lowest BCUT2D eigenvalue weighted by Gasteiger charge is -2.25. The van der Waals surface area contributed by atoms with Crippen molar-refractivity contribution in [2.45, 2.75) is 33.2 Å². The lowest BCUT2D eigenvalue weighted by Crippen LogP contribution is -2.35. The predicted octanol–water partition coefficient (Wildman–Crippen LogP) is 5.67. The first-order valence-corrected chi connectivity index (χ1v) is 10.5. The van der Waals surface area contributed by atoms with Gasteiger partial charge in [-0.2, -0.15) is 11.8 Å². The maximum Gasteiger partial charge on any atom is 0.187 e. The average Bonchev–Trinajstić information content (AvgIpc) is 2.67. The predicted molar refractivity (Wildman–Crippen MR) is 115 cm³/mol. The molecular weight excluding hydrogens is 338 g/mol. The van der Waals surface area contributed by atoms with Crippen LogP contribution in [0.15, 0.2) is 66.7 Å². The van der Waals surface area contributed by atoms with E-state index in [2.05, 4.69) is 26.1 Å². The summed E-state index contributed by atoms with van der Waals surface area (Å²) in [5.41, 5.74) is 2.65. The van der Waals surface area contributed by atoms with Crippen LogP contribution in [0.1, 0.15) is 43.1 Å². The van der Waals surface area contributed by atoms with Gasteiger partial charge in [-0.05, 0) is 23.7 Å². The molecule has 1 atom stereocenters. The van der Waals surface area contributed by atoms with Crippen LogP contribution < -0.4 is 5.32 Å². The SMILES string of the molecule is CCCSC[C@H](N/C(=C\C(=O)c1ccccc1)c1ccccc1)C(C)C. The van der Waals surface area contributed by atoms with Crippen LogP contribution in [0.25, 0.3) is 5.70 Å². The first-order valence-electron chi connectivity index (χ1n) is 9.32. The number of ketones is 1. The molecule has 0 fully saturated rings. The van der Waals surface area contributed by atoms with Gasteiger partial charge in [-0.3, -0.25) is 4.79 Å². The highest BCUT2D eigenvalue weighted by atomic mass is 32.2. The molecule has 2 aromatic rings. The zero-order valence-corrected chi connectivity index (χ0v) is 16.8. The average molecular weight is 368 g/mol. The normalized spacial score (nSPS) is 12.8. The Labute approximate surface area is 162 Å². The molecule has 0 aliphatic carbocycles. The molecule has 2 rings (SSSR count). The summed E-state index contributed by atoms with van der Waals surface area (Å²) in [7, 11) is 0. The molecule has 0 heterocycles. The summed E-state index contributed by atoms with van der Waals surface area (Å²) in [5.74, 6) is 2.71. The Morgan fingerprint density at radius 1 is 1.00 bits per heavy atom. The van der Waals surface area contributed by atoms with Gasteiger partial charge in [0.25, 0.3) is 0 Å². The molecule has 0 spiro atoms. The number of hydrogen-bond donors (Lipinski definition) is 1. The van der Waals surface area contributed by atoms with Gasteiger partial charge in [-0.1, -0.05) is 81.4 Å². The van der Waals surface area contributed by atoms with Gasteiger partial charge in [0.15, 0.2) is 5.78 Å². The maximum absolute atomic E-state index is 12.7. The van der Waals surface area contributed by atoms with Crippen molar-refractivity contribution in [3.63, 3.8) is 0 Å². The van der Waals surface area contributed by atoms with E-state index in [0.717, 1.165) is 22.8 Å². The van der Waals surface area contributed by atoms with E-state index in [1.807, 2.05) is 72.4 Å². The molecule has 0 amide bonds. The summed E-state index contributed by atoms with van der Waals surface area (Å²) in [4.78, 5) is 12.7. The Morgan fingerprint density at radius 3 is 2.12 bits per heavy atom. The summed E-state index contributed by atoms with van der Waals surface area (Å²) in [6.45, 7) is 6.66. The number of benzene rings is 2. The fourth-order valence-corrected chi connectivity index (χ4v) is 3.78. The van der Waals surface area contributed by atoms with Gasteiger partial charge in [-0.15, -0.1) is 0 Å². The number of thioether (sulfide) groups is 1. The molecule has 0 aliphatic heterocycles. The fraction of sp³-hybridized carbons (Fsp3) is 0.348. The van der Waals surface area contributed by atoms with E-state index >= 15 is 0 Å². The first kappa shape index (κ1) is 20.3.